The van der Waals surface area contributed by atoms with E-state index in [0.29, 0.717) is 0 Å². The molecule has 0 atom stereocenters. The third-order valence-corrected chi connectivity index (χ3v) is 5.63. The van der Waals surface area contributed by atoms with Crippen LogP contribution in [0.3, 0.4) is 0 Å². The van der Waals surface area contributed by atoms with Crippen molar-refractivity contribution in [1.82, 2.24) is 4.90 Å². The van der Waals surface area contributed by atoms with E-state index >= 15 is 0 Å². The SMILES string of the molecule is NCC1(c2ccccc2CN2CCCCC2)CCCCC1. The quantitative estimate of drug-likeness (QED) is 0.911. The standard InChI is InChI=1S/C19H30N2/c20-16-19(11-5-1-6-12-19)18-10-4-3-9-17(18)15-21-13-7-2-8-14-21/h3-4,9-10H,1-2,5-8,11-16,20H2. The van der Waals surface area contributed by atoms with Gasteiger partial charge in [0.1, 0.15) is 0 Å². The van der Waals surface area contributed by atoms with Crippen molar-refractivity contribution in [1.29, 1.82) is 0 Å². The van der Waals surface area contributed by atoms with E-state index in [4.69, 9.17) is 5.73 Å². The average Bonchev–Trinajstić information content (AvgIpc) is 2.57. The summed E-state index contributed by atoms with van der Waals surface area (Å²) in [6, 6.07) is 9.12. The van der Waals surface area contributed by atoms with Crippen LogP contribution in [0.1, 0.15) is 62.5 Å². The fourth-order valence-corrected chi connectivity index (χ4v) is 4.35. The fraction of sp³-hybridized carbons (Fsp3) is 0.684. The maximum atomic E-state index is 6.26. The van der Waals surface area contributed by atoms with Gasteiger partial charge in [0.15, 0.2) is 0 Å². The first-order valence-electron chi connectivity index (χ1n) is 8.85. The van der Waals surface area contributed by atoms with Gasteiger partial charge in [-0.1, -0.05) is 49.9 Å². The molecule has 1 aromatic carbocycles. The van der Waals surface area contributed by atoms with Gasteiger partial charge in [0.05, 0.1) is 0 Å². The van der Waals surface area contributed by atoms with E-state index in [9.17, 15) is 0 Å². The fourth-order valence-electron chi connectivity index (χ4n) is 4.35. The molecular formula is C19H30N2. The van der Waals surface area contributed by atoms with Crippen molar-refractivity contribution >= 4 is 0 Å². The summed E-state index contributed by atoms with van der Waals surface area (Å²) < 4.78 is 0. The predicted octanol–water partition coefficient (Wildman–Crippen LogP) is 3.83. The first kappa shape index (κ1) is 15.1. The van der Waals surface area contributed by atoms with Crippen LogP contribution in [0.2, 0.25) is 0 Å². The highest BCUT2D eigenvalue weighted by atomic mass is 15.1. The summed E-state index contributed by atoms with van der Waals surface area (Å²) in [4.78, 5) is 2.63. The topological polar surface area (TPSA) is 29.3 Å². The minimum atomic E-state index is 0.255. The highest BCUT2D eigenvalue weighted by Gasteiger charge is 2.34. The normalized spacial score (nSPS) is 23.1. The second kappa shape index (κ2) is 6.93. The van der Waals surface area contributed by atoms with E-state index in [-0.39, 0.29) is 5.41 Å². The van der Waals surface area contributed by atoms with Gasteiger partial charge in [0.2, 0.25) is 0 Å². The lowest BCUT2D eigenvalue weighted by atomic mass is 9.68. The molecule has 1 heterocycles. The number of piperidine rings is 1. The minimum absolute atomic E-state index is 0.255. The second-order valence-corrected chi connectivity index (χ2v) is 7.04. The summed E-state index contributed by atoms with van der Waals surface area (Å²) in [6.45, 7) is 4.47. The van der Waals surface area contributed by atoms with Gasteiger partial charge in [-0.25, -0.2) is 0 Å². The highest BCUT2D eigenvalue weighted by molar-refractivity contribution is 5.35. The van der Waals surface area contributed by atoms with Crippen molar-refractivity contribution in [3.63, 3.8) is 0 Å². The smallest absolute Gasteiger partial charge is 0.0236 e. The van der Waals surface area contributed by atoms with E-state index in [1.54, 1.807) is 5.56 Å². The van der Waals surface area contributed by atoms with E-state index < -0.39 is 0 Å². The van der Waals surface area contributed by atoms with Crippen molar-refractivity contribution in [2.75, 3.05) is 19.6 Å². The lowest BCUT2D eigenvalue weighted by Crippen LogP contribution is -2.39. The summed E-state index contributed by atoms with van der Waals surface area (Å²) in [5, 5.41) is 0. The number of benzene rings is 1. The molecule has 0 aromatic heterocycles. The Hall–Kier alpha value is -0.860. The summed E-state index contributed by atoms with van der Waals surface area (Å²) >= 11 is 0. The predicted molar refractivity (Wildman–Crippen MR) is 89.4 cm³/mol. The molecule has 1 saturated heterocycles. The van der Waals surface area contributed by atoms with E-state index in [0.717, 1.165) is 13.1 Å². The Morgan fingerprint density at radius 2 is 1.57 bits per heavy atom. The molecule has 0 radical (unpaired) electrons. The molecular weight excluding hydrogens is 256 g/mol. The van der Waals surface area contributed by atoms with E-state index in [1.165, 1.54) is 70.0 Å². The van der Waals surface area contributed by atoms with Gasteiger partial charge < -0.3 is 5.73 Å². The monoisotopic (exact) mass is 286 g/mol. The first-order chi connectivity index (χ1) is 10.3. The van der Waals surface area contributed by atoms with Crippen molar-refractivity contribution in [2.45, 2.75) is 63.3 Å². The molecule has 1 aliphatic carbocycles. The molecule has 2 aliphatic rings. The van der Waals surface area contributed by atoms with Crippen LogP contribution in [-0.2, 0) is 12.0 Å². The zero-order valence-corrected chi connectivity index (χ0v) is 13.3. The lowest BCUT2D eigenvalue weighted by molar-refractivity contribution is 0.217. The van der Waals surface area contributed by atoms with E-state index in [2.05, 4.69) is 29.2 Å². The van der Waals surface area contributed by atoms with Crippen LogP contribution < -0.4 is 5.73 Å². The van der Waals surface area contributed by atoms with Crippen LogP contribution >= 0.6 is 0 Å². The molecule has 2 nitrogen and oxygen atoms in total. The van der Waals surface area contributed by atoms with Crippen molar-refractivity contribution in [3.8, 4) is 0 Å². The summed E-state index contributed by atoms with van der Waals surface area (Å²) in [5.41, 5.74) is 9.60. The highest BCUT2D eigenvalue weighted by Crippen LogP contribution is 2.40. The molecule has 0 unspecified atom stereocenters. The Morgan fingerprint density at radius 1 is 0.905 bits per heavy atom. The van der Waals surface area contributed by atoms with Gasteiger partial charge in [-0.2, -0.15) is 0 Å². The van der Waals surface area contributed by atoms with E-state index in [1.807, 2.05) is 0 Å². The van der Waals surface area contributed by atoms with Crippen LogP contribution in [0.5, 0.6) is 0 Å². The molecule has 0 amide bonds. The Morgan fingerprint density at radius 3 is 2.29 bits per heavy atom. The van der Waals surface area contributed by atoms with Crippen LogP contribution in [-0.4, -0.2) is 24.5 Å². The number of nitrogens with zero attached hydrogens (tertiary/aromatic N) is 1. The Kier molecular flexibility index (Phi) is 4.97. The lowest BCUT2D eigenvalue weighted by Gasteiger charge is -2.39. The van der Waals surface area contributed by atoms with Crippen LogP contribution in [0.15, 0.2) is 24.3 Å². The van der Waals surface area contributed by atoms with Crippen LogP contribution in [0, 0.1) is 0 Å². The summed E-state index contributed by atoms with van der Waals surface area (Å²) in [6.07, 6.45) is 10.8. The molecule has 0 bridgehead atoms. The third kappa shape index (κ3) is 3.32. The van der Waals surface area contributed by atoms with Gasteiger partial charge in [-0.15, -0.1) is 0 Å². The minimum Gasteiger partial charge on any atom is -0.330 e. The Bertz CT molecular complexity index is 443. The molecule has 1 aliphatic heterocycles. The molecule has 1 aromatic rings. The third-order valence-electron chi connectivity index (χ3n) is 5.63. The van der Waals surface area contributed by atoms with Gasteiger partial charge >= 0.3 is 0 Å². The number of nitrogens with two attached hydrogens (primary N) is 1. The zero-order chi connectivity index (χ0) is 14.5. The van der Waals surface area contributed by atoms with Gasteiger partial charge in [0.25, 0.3) is 0 Å². The Balaban J connectivity index is 1.83. The van der Waals surface area contributed by atoms with Crippen molar-refractivity contribution in [2.24, 2.45) is 5.73 Å². The number of rotatable bonds is 4. The molecule has 2 fully saturated rings. The molecule has 3 rings (SSSR count). The molecule has 2 heteroatoms. The molecule has 116 valence electrons. The van der Waals surface area contributed by atoms with Crippen LogP contribution in [0.25, 0.3) is 0 Å². The largest absolute Gasteiger partial charge is 0.330 e. The van der Waals surface area contributed by atoms with Crippen molar-refractivity contribution < 1.29 is 0 Å². The number of hydrogen-bond donors (Lipinski definition) is 1. The van der Waals surface area contributed by atoms with Gasteiger partial charge in [0, 0.05) is 18.5 Å². The molecule has 0 spiro atoms. The average molecular weight is 286 g/mol. The first-order valence-corrected chi connectivity index (χ1v) is 8.85. The zero-order valence-electron chi connectivity index (χ0n) is 13.3. The van der Waals surface area contributed by atoms with Gasteiger partial charge in [-0.05, 0) is 49.9 Å². The molecule has 1 saturated carbocycles. The maximum absolute atomic E-state index is 6.26. The molecule has 2 N–H and O–H groups in total. The summed E-state index contributed by atoms with van der Waals surface area (Å²) in [5.74, 6) is 0. The molecule has 21 heavy (non-hydrogen) atoms. The van der Waals surface area contributed by atoms with Crippen LogP contribution in [0.4, 0.5) is 0 Å². The second-order valence-electron chi connectivity index (χ2n) is 7.04. The van der Waals surface area contributed by atoms with Gasteiger partial charge in [-0.3, -0.25) is 4.90 Å². The summed E-state index contributed by atoms with van der Waals surface area (Å²) in [7, 11) is 0. The number of hydrogen-bond acceptors (Lipinski definition) is 2. The maximum Gasteiger partial charge on any atom is 0.0236 e. The number of likely N-dealkylation sites (tertiary alicyclic amines) is 1. The van der Waals surface area contributed by atoms with Crippen molar-refractivity contribution in [3.05, 3.63) is 35.4 Å². The Labute approximate surface area is 129 Å².